The number of amides is 1. The minimum Gasteiger partial charge on any atom is -0.395 e. The van der Waals surface area contributed by atoms with Crippen LogP contribution in [0, 0.1) is 0 Å². The Morgan fingerprint density at radius 1 is 1.35 bits per heavy atom. The van der Waals surface area contributed by atoms with Gasteiger partial charge in [-0.1, -0.05) is 30.3 Å². The maximum Gasteiger partial charge on any atom is 0.254 e. The molecule has 1 amide bonds. The summed E-state index contributed by atoms with van der Waals surface area (Å²) in [7, 11) is 0. The molecule has 3 N–H and O–H groups in total. The molecular formula is C14H15N3O2S. The topological polar surface area (TPSA) is 64.6 Å². The van der Waals surface area contributed by atoms with Crippen molar-refractivity contribution < 1.29 is 9.90 Å². The van der Waals surface area contributed by atoms with Crippen LogP contribution in [-0.2, 0) is 4.79 Å². The van der Waals surface area contributed by atoms with E-state index < -0.39 is 0 Å². The van der Waals surface area contributed by atoms with Gasteiger partial charge in [0.15, 0.2) is 5.11 Å². The van der Waals surface area contributed by atoms with Gasteiger partial charge in [-0.2, -0.15) is 0 Å². The second kappa shape index (κ2) is 5.22. The Bertz CT molecular complexity index is 585. The van der Waals surface area contributed by atoms with Crippen LogP contribution in [0.1, 0.15) is 11.6 Å². The van der Waals surface area contributed by atoms with Gasteiger partial charge in [0.05, 0.1) is 24.8 Å². The van der Waals surface area contributed by atoms with Crippen molar-refractivity contribution in [2.45, 2.75) is 6.04 Å². The number of nitrogens with one attached hydrogen (secondary N) is 2. The highest BCUT2D eigenvalue weighted by atomic mass is 32.1. The van der Waals surface area contributed by atoms with Crippen LogP contribution >= 0.6 is 12.2 Å². The summed E-state index contributed by atoms with van der Waals surface area (Å²) in [5, 5.41) is 15.8. The third-order valence-corrected chi connectivity index (χ3v) is 3.74. The van der Waals surface area contributed by atoms with Crippen molar-refractivity contribution in [2.24, 2.45) is 0 Å². The molecule has 0 aromatic heterocycles. The fraction of sp³-hybridized carbons (Fsp3) is 0.286. The standard InChI is InChI=1S/C14H15N3O2S/c18-7-6-17-8-10-11(13(17)19)12(16-14(20)15-10)9-4-2-1-3-5-9/h1-5,12,18H,6-8H2,(H2,15,16,20). The number of hydrogen-bond donors (Lipinski definition) is 3. The summed E-state index contributed by atoms with van der Waals surface area (Å²) in [6.07, 6.45) is 0. The summed E-state index contributed by atoms with van der Waals surface area (Å²) >= 11 is 5.21. The lowest BCUT2D eigenvalue weighted by atomic mass is 9.96. The predicted molar refractivity (Wildman–Crippen MR) is 78.7 cm³/mol. The molecule has 20 heavy (non-hydrogen) atoms. The van der Waals surface area contributed by atoms with E-state index in [0.717, 1.165) is 11.3 Å². The number of rotatable bonds is 3. The quantitative estimate of drug-likeness (QED) is 0.698. The fourth-order valence-corrected chi connectivity index (χ4v) is 2.87. The number of thiocarbonyl (C=S) groups is 1. The van der Waals surface area contributed by atoms with Gasteiger partial charge in [-0.3, -0.25) is 4.79 Å². The molecule has 5 nitrogen and oxygen atoms in total. The van der Waals surface area contributed by atoms with E-state index in [1.807, 2.05) is 30.3 Å². The van der Waals surface area contributed by atoms with E-state index >= 15 is 0 Å². The van der Waals surface area contributed by atoms with Crippen LogP contribution in [-0.4, -0.2) is 40.7 Å². The number of carbonyl (C=O) groups is 1. The molecule has 0 spiro atoms. The minimum absolute atomic E-state index is 0.0415. The lowest BCUT2D eigenvalue weighted by Crippen LogP contribution is -2.44. The zero-order valence-electron chi connectivity index (χ0n) is 10.8. The number of benzene rings is 1. The molecule has 3 rings (SSSR count). The summed E-state index contributed by atoms with van der Waals surface area (Å²) in [4.78, 5) is 14.1. The first kappa shape index (κ1) is 13.1. The van der Waals surface area contributed by atoms with Crippen molar-refractivity contribution in [3.05, 3.63) is 47.2 Å². The van der Waals surface area contributed by atoms with Crippen LogP contribution in [0.5, 0.6) is 0 Å². The maximum absolute atomic E-state index is 12.5. The second-order valence-electron chi connectivity index (χ2n) is 4.78. The molecule has 2 aliphatic heterocycles. The second-order valence-corrected chi connectivity index (χ2v) is 5.19. The Hall–Kier alpha value is -1.92. The molecule has 1 unspecified atom stereocenters. The Labute approximate surface area is 122 Å². The molecule has 6 heteroatoms. The van der Waals surface area contributed by atoms with Crippen molar-refractivity contribution in [3.63, 3.8) is 0 Å². The lowest BCUT2D eigenvalue weighted by Gasteiger charge is -2.27. The number of aliphatic hydroxyl groups excluding tert-OH is 1. The van der Waals surface area contributed by atoms with Crippen LogP contribution in [0.15, 0.2) is 41.6 Å². The van der Waals surface area contributed by atoms with Gasteiger partial charge in [0.1, 0.15) is 0 Å². The van der Waals surface area contributed by atoms with Gasteiger partial charge >= 0.3 is 0 Å². The molecule has 0 bridgehead atoms. The van der Waals surface area contributed by atoms with Crippen molar-refractivity contribution in [1.82, 2.24) is 15.5 Å². The number of aliphatic hydroxyl groups is 1. The fourth-order valence-electron chi connectivity index (χ4n) is 2.63. The normalized spacial score (nSPS) is 21.6. The predicted octanol–water partition coefficient (Wildman–Crippen LogP) is 0.294. The van der Waals surface area contributed by atoms with Crippen LogP contribution in [0.4, 0.5) is 0 Å². The lowest BCUT2D eigenvalue weighted by molar-refractivity contribution is -0.126. The molecule has 0 saturated heterocycles. The van der Waals surface area contributed by atoms with E-state index in [9.17, 15) is 4.79 Å². The van der Waals surface area contributed by atoms with Gasteiger partial charge in [-0.25, -0.2) is 0 Å². The van der Waals surface area contributed by atoms with Crippen molar-refractivity contribution in [2.75, 3.05) is 19.7 Å². The first-order valence-corrected chi connectivity index (χ1v) is 6.87. The van der Waals surface area contributed by atoms with Gasteiger partial charge < -0.3 is 20.6 Å². The van der Waals surface area contributed by atoms with E-state index in [0.29, 0.717) is 23.8 Å². The third-order valence-electron chi connectivity index (χ3n) is 3.52. The molecule has 0 fully saturated rings. The number of nitrogens with zero attached hydrogens (tertiary/aromatic N) is 1. The SMILES string of the molecule is O=C1C2=C(CN1CCO)NC(=S)NC2c1ccccc1. The first-order chi connectivity index (χ1) is 9.70. The average molecular weight is 289 g/mol. The zero-order chi connectivity index (χ0) is 14.1. The largest absolute Gasteiger partial charge is 0.395 e. The van der Waals surface area contributed by atoms with Gasteiger partial charge in [-0.05, 0) is 17.8 Å². The van der Waals surface area contributed by atoms with Crippen LogP contribution in [0.3, 0.4) is 0 Å². The first-order valence-electron chi connectivity index (χ1n) is 6.46. The van der Waals surface area contributed by atoms with E-state index in [1.54, 1.807) is 4.90 Å². The molecule has 0 radical (unpaired) electrons. The van der Waals surface area contributed by atoms with Gasteiger partial charge in [0.2, 0.25) is 0 Å². The Kier molecular flexibility index (Phi) is 3.42. The molecule has 2 aliphatic rings. The van der Waals surface area contributed by atoms with Crippen LogP contribution < -0.4 is 10.6 Å². The number of carbonyl (C=O) groups excluding carboxylic acids is 1. The van der Waals surface area contributed by atoms with Gasteiger partial charge in [0, 0.05) is 12.2 Å². The third kappa shape index (κ3) is 2.17. The highest BCUT2D eigenvalue weighted by Crippen LogP contribution is 2.32. The highest BCUT2D eigenvalue weighted by molar-refractivity contribution is 7.80. The summed E-state index contributed by atoms with van der Waals surface area (Å²) in [6, 6.07) is 9.53. The summed E-state index contributed by atoms with van der Waals surface area (Å²) in [6.45, 7) is 0.766. The van der Waals surface area contributed by atoms with E-state index in [2.05, 4.69) is 10.6 Å². The van der Waals surface area contributed by atoms with Gasteiger partial charge in [-0.15, -0.1) is 0 Å². The molecule has 1 aromatic rings. The van der Waals surface area contributed by atoms with E-state index in [-0.39, 0.29) is 18.6 Å². The molecule has 1 aromatic carbocycles. The average Bonchev–Trinajstić information content (AvgIpc) is 2.76. The molecule has 104 valence electrons. The molecule has 0 saturated carbocycles. The number of hydrogen-bond acceptors (Lipinski definition) is 3. The van der Waals surface area contributed by atoms with Crippen LogP contribution in [0.25, 0.3) is 0 Å². The van der Waals surface area contributed by atoms with Crippen molar-refractivity contribution >= 4 is 23.2 Å². The summed E-state index contributed by atoms with van der Waals surface area (Å²) < 4.78 is 0. The van der Waals surface area contributed by atoms with E-state index in [4.69, 9.17) is 17.3 Å². The molecule has 2 heterocycles. The van der Waals surface area contributed by atoms with Crippen LogP contribution in [0.2, 0.25) is 0 Å². The van der Waals surface area contributed by atoms with Gasteiger partial charge in [0.25, 0.3) is 5.91 Å². The highest BCUT2D eigenvalue weighted by Gasteiger charge is 2.38. The Balaban J connectivity index is 1.97. The molecular weight excluding hydrogens is 274 g/mol. The van der Waals surface area contributed by atoms with Crippen molar-refractivity contribution in [1.29, 1.82) is 0 Å². The summed E-state index contributed by atoms with van der Waals surface area (Å²) in [5.74, 6) is -0.0506. The van der Waals surface area contributed by atoms with E-state index in [1.165, 1.54) is 0 Å². The Morgan fingerprint density at radius 3 is 2.80 bits per heavy atom. The number of β-amino-alcohol motifs (C(OH)–C–C–N with tert-alkyl or cyclic N) is 1. The molecule has 1 atom stereocenters. The molecule has 0 aliphatic carbocycles. The smallest absolute Gasteiger partial charge is 0.254 e. The van der Waals surface area contributed by atoms with Crippen molar-refractivity contribution in [3.8, 4) is 0 Å². The Morgan fingerprint density at radius 2 is 2.10 bits per heavy atom. The minimum atomic E-state index is -0.226. The zero-order valence-corrected chi connectivity index (χ0v) is 11.6. The summed E-state index contributed by atoms with van der Waals surface area (Å²) in [5.41, 5.74) is 2.53. The maximum atomic E-state index is 12.5. The monoisotopic (exact) mass is 289 g/mol.